The Labute approximate surface area is 204 Å². The quantitative estimate of drug-likeness (QED) is 0.146. The predicted molar refractivity (Wildman–Crippen MR) is 125 cm³/mol. The maximum atomic E-state index is 12.5. The lowest BCUT2D eigenvalue weighted by molar-refractivity contribution is -0.384. The minimum Gasteiger partial charge on any atom is -0.457 e. The molecule has 3 N–H and O–H groups in total. The van der Waals surface area contributed by atoms with Crippen LogP contribution < -0.4 is 0 Å². The molecule has 2 saturated heterocycles. The minimum atomic E-state index is -1.12. The fraction of sp³-hybridized carbons (Fsp3) is 0.640. The standard InChI is InChI=1S/C25H35NO9/c1-13(14(2)25(30)34-11-17-6-5-7-19(9-17)26(31)32)8-20-23(29)22(28)18(12-33-20)10-21-24(35-21)15(3)16(4)27/h5-7,9,15-16,18,20-24,27-29H,8,10-12H2,1-4H3/b14-13+/t15-,16-,18-,20-,21-,22+,23-,24-/m0/s1. The highest BCUT2D eigenvalue weighted by molar-refractivity contribution is 5.88. The second-order valence-electron chi connectivity index (χ2n) is 9.70. The smallest absolute Gasteiger partial charge is 0.333 e. The van der Waals surface area contributed by atoms with Crippen molar-refractivity contribution >= 4 is 11.7 Å². The molecule has 2 aliphatic heterocycles. The summed E-state index contributed by atoms with van der Waals surface area (Å²) in [6.07, 6.45) is -2.63. The summed E-state index contributed by atoms with van der Waals surface area (Å²) in [6.45, 7) is 7.12. The normalized spacial score (nSPS) is 30.7. The van der Waals surface area contributed by atoms with Crippen molar-refractivity contribution in [3.05, 3.63) is 51.1 Å². The third-order valence-electron chi connectivity index (χ3n) is 7.12. The summed E-state index contributed by atoms with van der Waals surface area (Å²) in [5.41, 5.74) is 1.43. The predicted octanol–water partition coefficient (Wildman–Crippen LogP) is 2.28. The molecule has 10 nitrogen and oxygen atoms in total. The molecule has 2 heterocycles. The van der Waals surface area contributed by atoms with Gasteiger partial charge in [-0.2, -0.15) is 0 Å². The van der Waals surface area contributed by atoms with Crippen LogP contribution in [0.5, 0.6) is 0 Å². The van der Waals surface area contributed by atoms with E-state index in [9.17, 15) is 30.2 Å². The molecule has 0 bridgehead atoms. The van der Waals surface area contributed by atoms with Crippen LogP contribution in [-0.4, -0.2) is 69.4 Å². The summed E-state index contributed by atoms with van der Waals surface area (Å²) in [5, 5.41) is 41.9. The first-order chi connectivity index (χ1) is 16.5. The number of epoxide rings is 1. The van der Waals surface area contributed by atoms with E-state index < -0.39 is 35.3 Å². The number of rotatable bonds is 10. The molecule has 10 heteroatoms. The Kier molecular flexibility index (Phi) is 9.00. The lowest BCUT2D eigenvalue weighted by Gasteiger charge is -2.38. The van der Waals surface area contributed by atoms with E-state index in [1.54, 1.807) is 26.8 Å². The third-order valence-corrected chi connectivity index (χ3v) is 7.12. The van der Waals surface area contributed by atoms with E-state index in [-0.39, 0.29) is 49.4 Å². The summed E-state index contributed by atoms with van der Waals surface area (Å²) in [7, 11) is 0. The van der Waals surface area contributed by atoms with Gasteiger partial charge in [0.15, 0.2) is 0 Å². The fourth-order valence-corrected chi connectivity index (χ4v) is 4.36. The summed E-state index contributed by atoms with van der Waals surface area (Å²) < 4.78 is 16.8. The van der Waals surface area contributed by atoms with Crippen LogP contribution in [0.2, 0.25) is 0 Å². The van der Waals surface area contributed by atoms with E-state index in [4.69, 9.17) is 14.2 Å². The van der Waals surface area contributed by atoms with Gasteiger partial charge in [0.2, 0.25) is 0 Å². The maximum absolute atomic E-state index is 12.5. The van der Waals surface area contributed by atoms with Gasteiger partial charge >= 0.3 is 5.97 Å². The molecule has 0 amide bonds. The van der Waals surface area contributed by atoms with Crippen LogP contribution in [0.25, 0.3) is 0 Å². The van der Waals surface area contributed by atoms with Gasteiger partial charge in [-0.25, -0.2) is 4.79 Å². The Bertz CT molecular complexity index is 947. The zero-order chi connectivity index (χ0) is 25.9. The third kappa shape index (κ3) is 6.86. The Morgan fingerprint density at radius 2 is 1.94 bits per heavy atom. The molecule has 1 aromatic carbocycles. The number of esters is 1. The highest BCUT2D eigenvalue weighted by Crippen LogP contribution is 2.38. The number of aliphatic hydroxyl groups is 3. The van der Waals surface area contributed by atoms with Crippen molar-refractivity contribution in [3.63, 3.8) is 0 Å². The molecule has 8 atom stereocenters. The van der Waals surface area contributed by atoms with Crippen LogP contribution in [0.3, 0.4) is 0 Å². The molecule has 2 fully saturated rings. The molecule has 1 aromatic rings. The van der Waals surface area contributed by atoms with Crippen molar-refractivity contribution in [2.24, 2.45) is 11.8 Å². The fourth-order valence-electron chi connectivity index (χ4n) is 4.36. The number of hydrogen-bond acceptors (Lipinski definition) is 9. The van der Waals surface area contributed by atoms with Gasteiger partial charge in [0, 0.05) is 29.5 Å². The maximum Gasteiger partial charge on any atom is 0.333 e. The SMILES string of the molecule is C/C(C[C@@H]1OC[C@H](C[C@@H]2O[C@H]2[C@@H](C)[C@H](C)O)[C@@H](O)[C@H]1O)=C(/C)C(=O)OCc1cccc([N+](=O)[O-])c1. The summed E-state index contributed by atoms with van der Waals surface area (Å²) in [5.74, 6) is -0.864. The minimum absolute atomic E-state index is 0.00755. The number of carbonyl (C=O) groups is 1. The van der Waals surface area contributed by atoms with Gasteiger partial charge < -0.3 is 29.5 Å². The number of ether oxygens (including phenoxy) is 3. The molecule has 2 aliphatic rings. The molecule has 0 aliphatic carbocycles. The molecule has 35 heavy (non-hydrogen) atoms. The molecular formula is C25H35NO9. The summed E-state index contributed by atoms with van der Waals surface area (Å²) >= 11 is 0. The van der Waals surface area contributed by atoms with Crippen LogP contribution in [0.15, 0.2) is 35.4 Å². The second kappa shape index (κ2) is 11.6. The average Bonchev–Trinajstić information content (AvgIpc) is 3.60. The van der Waals surface area contributed by atoms with Crippen LogP contribution in [0.1, 0.15) is 46.1 Å². The molecular weight excluding hydrogens is 458 g/mol. The molecule has 0 radical (unpaired) electrons. The molecule has 0 saturated carbocycles. The Balaban J connectivity index is 1.51. The van der Waals surface area contributed by atoms with Gasteiger partial charge in [-0.3, -0.25) is 10.1 Å². The largest absolute Gasteiger partial charge is 0.457 e. The number of aliphatic hydroxyl groups excluding tert-OH is 3. The van der Waals surface area contributed by atoms with Gasteiger partial charge in [0.05, 0.1) is 42.1 Å². The molecule has 0 spiro atoms. The number of carbonyl (C=O) groups excluding carboxylic acids is 1. The van der Waals surface area contributed by atoms with E-state index in [0.717, 1.165) is 0 Å². The number of hydrogen-bond donors (Lipinski definition) is 3. The highest BCUT2D eigenvalue weighted by Gasteiger charge is 2.48. The van der Waals surface area contributed by atoms with E-state index in [1.807, 2.05) is 6.92 Å². The van der Waals surface area contributed by atoms with Gasteiger partial charge in [0.25, 0.3) is 5.69 Å². The van der Waals surface area contributed by atoms with Crippen molar-refractivity contribution < 1.29 is 39.2 Å². The lowest BCUT2D eigenvalue weighted by atomic mass is 9.85. The average molecular weight is 494 g/mol. The molecule has 0 unspecified atom stereocenters. The van der Waals surface area contributed by atoms with Crippen molar-refractivity contribution in [1.29, 1.82) is 0 Å². The first kappa shape index (κ1) is 27.2. The summed E-state index contributed by atoms with van der Waals surface area (Å²) in [6, 6.07) is 5.87. The van der Waals surface area contributed by atoms with Crippen LogP contribution >= 0.6 is 0 Å². The van der Waals surface area contributed by atoms with Crippen LogP contribution in [-0.2, 0) is 25.6 Å². The van der Waals surface area contributed by atoms with Crippen molar-refractivity contribution in [2.75, 3.05) is 6.61 Å². The zero-order valence-corrected chi connectivity index (χ0v) is 20.5. The van der Waals surface area contributed by atoms with E-state index >= 15 is 0 Å². The van der Waals surface area contributed by atoms with Crippen molar-refractivity contribution in [2.45, 2.75) is 83.8 Å². The van der Waals surface area contributed by atoms with Crippen molar-refractivity contribution in [3.8, 4) is 0 Å². The first-order valence-electron chi connectivity index (χ1n) is 11.9. The molecule has 0 aromatic heterocycles. The number of benzene rings is 1. The number of non-ortho nitro benzene ring substituents is 1. The topological polar surface area (TPSA) is 152 Å². The Morgan fingerprint density at radius 1 is 1.23 bits per heavy atom. The van der Waals surface area contributed by atoms with E-state index in [0.29, 0.717) is 23.1 Å². The van der Waals surface area contributed by atoms with Gasteiger partial charge in [-0.05, 0) is 39.2 Å². The highest BCUT2D eigenvalue weighted by atomic mass is 16.6. The van der Waals surface area contributed by atoms with E-state index in [1.165, 1.54) is 18.2 Å². The Morgan fingerprint density at radius 3 is 2.60 bits per heavy atom. The number of nitro benzene ring substituents is 1. The Hall–Kier alpha value is -2.37. The van der Waals surface area contributed by atoms with Crippen LogP contribution in [0, 0.1) is 22.0 Å². The molecule has 194 valence electrons. The summed E-state index contributed by atoms with van der Waals surface area (Å²) in [4.78, 5) is 22.9. The van der Waals surface area contributed by atoms with Crippen molar-refractivity contribution in [1.82, 2.24) is 0 Å². The van der Waals surface area contributed by atoms with E-state index in [2.05, 4.69) is 0 Å². The molecule has 3 rings (SSSR count). The van der Waals surface area contributed by atoms with Gasteiger partial charge in [0.1, 0.15) is 12.7 Å². The zero-order valence-electron chi connectivity index (χ0n) is 20.5. The monoisotopic (exact) mass is 493 g/mol. The first-order valence-corrected chi connectivity index (χ1v) is 11.9. The lowest BCUT2D eigenvalue weighted by Crippen LogP contribution is -2.50. The second-order valence-corrected chi connectivity index (χ2v) is 9.70. The van der Waals surface area contributed by atoms with Gasteiger partial charge in [-0.1, -0.05) is 24.6 Å². The van der Waals surface area contributed by atoms with Crippen LogP contribution in [0.4, 0.5) is 5.69 Å². The number of nitrogens with zero attached hydrogens (tertiary/aromatic N) is 1. The van der Waals surface area contributed by atoms with Gasteiger partial charge in [-0.15, -0.1) is 0 Å². The number of nitro groups is 1.